The van der Waals surface area contributed by atoms with Crippen molar-refractivity contribution in [1.82, 2.24) is 0 Å². The van der Waals surface area contributed by atoms with Crippen LogP contribution in [0.5, 0.6) is 0 Å². The van der Waals surface area contributed by atoms with E-state index in [1.807, 2.05) is 0 Å². The molecule has 1 N–H and O–H groups in total. The first-order valence-electron chi connectivity index (χ1n) is 9.11. The Balaban J connectivity index is 1.70. The molecule has 0 aromatic heterocycles. The van der Waals surface area contributed by atoms with Gasteiger partial charge in [0.05, 0.1) is 5.60 Å². The van der Waals surface area contributed by atoms with E-state index in [9.17, 15) is 9.90 Å². The lowest BCUT2D eigenvalue weighted by atomic mass is 9.50. The highest BCUT2D eigenvalue weighted by molar-refractivity contribution is 5.92. The second-order valence-corrected chi connectivity index (χ2v) is 8.28. The van der Waals surface area contributed by atoms with Gasteiger partial charge in [-0.2, -0.15) is 0 Å². The SMILES string of the molecule is CC=C1CC[C@H]2[C@@H]3CCC4=CC(=O)CC[C@]4(O)[C@H]3CC[C@]12C. The van der Waals surface area contributed by atoms with Gasteiger partial charge in [0.15, 0.2) is 5.78 Å². The molecule has 0 saturated heterocycles. The summed E-state index contributed by atoms with van der Waals surface area (Å²) in [6.07, 6.45) is 12.3. The van der Waals surface area contributed by atoms with Crippen molar-refractivity contribution >= 4 is 5.78 Å². The molecule has 2 nitrogen and oxygen atoms in total. The van der Waals surface area contributed by atoms with Crippen LogP contribution in [0, 0.1) is 23.2 Å². The molecule has 3 fully saturated rings. The van der Waals surface area contributed by atoms with Gasteiger partial charge in [0.1, 0.15) is 0 Å². The quantitative estimate of drug-likeness (QED) is 0.681. The molecule has 0 aromatic carbocycles. The molecule has 0 aliphatic heterocycles. The molecule has 3 saturated carbocycles. The van der Waals surface area contributed by atoms with Crippen LogP contribution < -0.4 is 0 Å². The minimum Gasteiger partial charge on any atom is -0.385 e. The van der Waals surface area contributed by atoms with Crippen molar-refractivity contribution in [3.63, 3.8) is 0 Å². The van der Waals surface area contributed by atoms with Crippen molar-refractivity contribution < 1.29 is 9.90 Å². The van der Waals surface area contributed by atoms with Gasteiger partial charge in [-0.3, -0.25) is 4.79 Å². The van der Waals surface area contributed by atoms with Crippen LogP contribution >= 0.6 is 0 Å². The van der Waals surface area contributed by atoms with Gasteiger partial charge in [0.2, 0.25) is 0 Å². The Labute approximate surface area is 133 Å². The van der Waals surface area contributed by atoms with Gasteiger partial charge < -0.3 is 5.11 Å². The van der Waals surface area contributed by atoms with Crippen molar-refractivity contribution in [2.45, 2.75) is 70.8 Å². The topological polar surface area (TPSA) is 37.3 Å². The van der Waals surface area contributed by atoms with Crippen molar-refractivity contribution in [2.24, 2.45) is 23.2 Å². The molecule has 0 bridgehead atoms. The van der Waals surface area contributed by atoms with Crippen molar-refractivity contribution in [2.75, 3.05) is 0 Å². The molecule has 2 heteroatoms. The predicted molar refractivity (Wildman–Crippen MR) is 87.3 cm³/mol. The molecule has 4 aliphatic carbocycles. The lowest BCUT2D eigenvalue weighted by Gasteiger charge is -2.56. The molecule has 0 radical (unpaired) electrons. The zero-order chi connectivity index (χ0) is 15.5. The van der Waals surface area contributed by atoms with Crippen LogP contribution in [-0.2, 0) is 4.79 Å². The van der Waals surface area contributed by atoms with Crippen LogP contribution in [0.1, 0.15) is 65.2 Å². The maximum absolute atomic E-state index is 11.7. The van der Waals surface area contributed by atoms with E-state index in [1.54, 1.807) is 11.6 Å². The third-order valence-corrected chi connectivity index (χ3v) is 7.64. The van der Waals surface area contributed by atoms with E-state index in [4.69, 9.17) is 0 Å². The number of carbonyl (C=O) groups is 1. The Morgan fingerprint density at radius 3 is 2.73 bits per heavy atom. The Morgan fingerprint density at radius 2 is 1.95 bits per heavy atom. The van der Waals surface area contributed by atoms with E-state index < -0.39 is 5.60 Å². The van der Waals surface area contributed by atoms with Gasteiger partial charge in [0, 0.05) is 6.42 Å². The van der Waals surface area contributed by atoms with Crippen LogP contribution in [0.25, 0.3) is 0 Å². The summed E-state index contributed by atoms with van der Waals surface area (Å²) in [6, 6.07) is 0. The van der Waals surface area contributed by atoms with Crippen LogP contribution in [0.3, 0.4) is 0 Å². The van der Waals surface area contributed by atoms with E-state index >= 15 is 0 Å². The Hall–Kier alpha value is -0.890. The van der Waals surface area contributed by atoms with Crippen LogP contribution in [0.4, 0.5) is 0 Å². The summed E-state index contributed by atoms with van der Waals surface area (Å²) in [5.41, 5.74) is 2.41. The molecule has 0 amide bonds. The number of carbonyl (C=O) groups excluding carboxylic acids is 1. The lowest BCUT2D eigenvalue weighted by Crippen LogP contribution is -2.54. The maximum atomic E-state index is 11.7. The van der Waals surface area contributed by atoms with Gasteiger partial charge in [-0.25, -0.2) is 0 Å². The van der Waals surface area contributed by atoms with Crippen LogP contribution in [0.2, 0.25) is 0 Å². The molecule has 0 spiro atoms. The van der Waals surface area contributed by atoms with Gasteiger partial charge in [-0.15, -0.1) is 0 Å². The zero-order valence-corrected chi connectivity index (χ0v) is 13.9. The van der Waals surface area contributed by atoms with Gasteiger partial charge >= 0.3 is 0 Å². The molecule has 0 aromatic rings. The summed E-state index contributed by atoms with van der Waals surface area (Å²) in [6.45, 7) is 4.66. The predicted octanol–water partition coefficient (Wildman–Crippen LogP) is 4.19. The lowest BCUT2D eigenvalue weighted by molar-refractivity contribution is -0.123. The normalized spacial score (nSPS) is 49.4. The molecule has 22 heavy (non-hydrogen) atoms. The average molecular weight is 300 g/mol. The largest absolute Gasteiger partial charge is 0.385 e. The minimum absolute atomic E-state index is 0.218. The first-order chi connectivity index (χ1) is 10.5. The maximum Gasteiger partial charge on any atom is 0.155 e. The highest BCUT2D eigenvalue weighted by Gasteiger charge is 2.58. The fourth-order valence-electron chi connectivity index (χ4n) is 6.51. The number of allylic oxidation sites excluding steroid dienone is 2. The molecule has 5 atom stereocenters. The van der Waals surface area contributed by atoms with Crippen molar-refractivity contribution in [3.8, 4) is 0 Å². The zero-order valence-electron chi connectivity index (χ0n) is 13.9. The average Bonchev–Trinajstić information content (AvgIpc) is 2.84. The number of hydrogen-bond donors (Lipinski definition) is 1. The van der Waals surface area contributed by atoms with E-state index in [0.717, 1.165) is 24.3 Å². The Kier molecular flexibility index (Phi) is 3.21. The minimum atomic E-state index is -0.670. The molecular weight excluding hydrogens is 272 g/mol. The molecule has 4 aliphatic rings. The number of rotatable bonds is 0. The first kappa shape index (κ1) is 14.7. The molecule has 4 rings (SSSR count). The van der Waals surface area contributed by atoms with E-state index in [-0.39, 0.29) is 5.78 Å². The number of hydrogen-bond acceptors (Lipinski definition) is 2. The van der Waals surface area contributed by atoms with Crippen LogP contribution in [0.15, 0.2) is 23.3 Å². The van der Waals surface area contributed by atoms with Gasteiger partial charge in [-0.1, -0.05) is 18.6 Å². The monoisotopic (exact) mass is 300 g/mol. The Bertz CT molecular complexity index is 572. The van der Waals surface area contributed by atoms with Crippen LogP contribution in [-0.4, -0.2) is 16.5 Å². The van der Waals surface area contributed by atoms with Crippen molar-refractivity contribution in [3.05, 3.63) is 23.3 Å². The number of aliphatic hydroxyl groups is 1. The third kappa shape index (κ3) is 1.79. The van der Waals surface area contributed by atoms with E-state index in [2.05, 4.69) is 19.9 Å². The van der Waals surface area contributed by atoms with Gasteiger partial charge in [-0.05, 0) is 86.7 Å². The first-order valence-corrected chi connectivity index (χ1v) is 9.11. The summed E-state index contributed by atoms with van der Waals surface area (Å²) >= 11 is 0. The molecule has 0 heterocycles. The second kappa shape index (κ2) is 4.80. The number of ketones is 1. The van der Waals surface area contributed by atoms with E-state index in [1.165, 1.54) is 25.7 Å². The second-order valence-electron chi connectivity index (χ2n) is 8.28. The van der Waals surface area contributed by atoms with Gasteiger partial charge in [0.25, 0.3) is 0 Å². The fraction of sp³-hybridized carbons (Fsp3) is 0.750. The van der Waals surface area contributed by atoms with Crippen molar-refractivity contribution in [1.29, 1.82) is 0 Å². The smallest absolute Gasteiger partial charge is 0.155 e. The summed E-state index contributed by atoms with van der Waals surface area (Å²) < 4.78 is 0. The van der Waals surface area contributed by atoms with E-state index in [0.29, 0.717) is 30.1 Å². The summed E-state index contributed by atoms with van der Waals surface area (Å²) in [7, 11) is 0. The highest BCUT2D eigenvalue weighted by Crippen LogP contribution is 2.64. The summed E-state index contributed by atoms with van der Waals surface area (Å²) in [4.78, 5) is 11.7. The third-order valence-electron chi connectivity index (χ3n) is 7.64. The molecular formula is C20H28O2. The summed E-state index contributed by atoms with van der Waals surface area (Å²) in [5.74, 6) is 1.98. The number of fused-ring (bicyclic) bond motifs is 5. The Morgan fingerprint density at radius 1 is 1.14 bits per heavy atom. The summed E-state index contributed by atoms with van der Waals surface area (Å²) in [5, 5.41) is 11.4. The molecule has 120 valence electrons. The fourth-order valence-corrected chi connectivity index (χ4v) is 6.51. The molecule has 0 unspecified atom stereocenters. The highest BCUT2D eigenvalue weighted by atomic mass is 16.3. The standard InChI is InChI=1S/C20H28O2/c1-3-13-5-7-17-16-6-4-14-12-15(21)8-11-20(14,22)18(16)9-10-19(13,17)2/h3,12,16-18,22H,4-11H2,1-2H3/t16-,17-,18-,19+,20+/m0/s1.